The molecule has 0 spiro atoms. The fourth-order valence-corrected chi connectivity index (χ4v) is 2.81. The van der Waals surface area contributed by atoms with E-state index in [1.807, 2.05) is 0 Å². The molecule has 1 saturated carbocycles. The molecule has 1 heterocycles. The molecule has 0 radical (unpaired) electrons. The van der Waals surface area contributed by atoms with Gasteiger partial charge < -0.3 is 15.4 Å². The van der Waals surface area contributed by atoms with Crippen LogP contribution in [0.5, 0.6) is 0 Å². The highest BCUT2D eigenvalue weighted by atomic mass is 35.5. The van der Waals surface area contributed by atoms with Crippen LogP contribution in [0.2, 0.25) is 5.15 Å². The van der Waals surface area contributed by atoms with Crippen LogP contribution in [0.25, 0.3) is 0 Å². The third-order valence-electron chi connectivity index (χ3n) is 4.64. The average Bonchev–Trinajstić information content (AvgIpc) is 2.38. The molecule has 2 atom stereocenters. The minimum Gasteiger partial charge on any atom is -0.383 e. The van der Waals surface area contributed by atoms with Crippen molar-refractivity contribution >= 4 is 23.1 Å². The van der Waals surface area contributed by atoms with Crippen molar-refractivity contribution in [2.75, 3.05) is 24.8 Å². The van der Waals surface area contributed by atoms with Crippen molar-refractivity contribution < 1.29 is 4.74 Å². The van der Waals surface area contributed by atoms with Gasteiger partial charge in [-0.15, -0.1) is 0 Å². The van der Waals surface area contributed by atoms with Gasteiger partial charge in [0.25, 0.3) is 0 Å². The number of hydrogen-bond acceptors (Lipinski definition) is 5. The van der Waals surface area contributed by atoms with Gasteiger partial charge in [0.15, 0.2) is 11.0 Å². The SMILES string of the molecule is CNc1c(Cl)ncnc1NC1CC(C)(OC)C1(C)C. The van der Waals surface area contributed by atoms with E-state index in [0.717, 1.165) is 17.9 Å². The van der Waals surface area contributed by atoms with Gasteiger partial charge in [0.1, 0.15) is 12.0 Å². The molecular weight excluding hydrogens is 264 g/mol. The zero-order valence-electron chi connectivity index (χ0n) is 12.0. The zero-order valence-corrected chi connectivity index (χ0v) is 12.8. The monoisotopic (exact) mass is 284 g/mol. The Kier molecular flexibility index (Phi) is 3.62. The Balaban J connectivity index is 2.19. The molecule has 1 aliphatic carbocycles. The molecular formula is C13H21ClN4O. The first-order chi connectivity index (χ1) is 8.85. The van der Waals surface area contributed by atoms with Crippen molar-refractivity contribution in [3.8, 4) is 0 Å². The maximum Gasteiger partial charge on any atom is 0.157 e. The average molecular weight is 285 g/mol. The maximum atomic E-state index is 6.05. The van der Waals surface area contributed by atoms with E-state index < -0.39 is 0 Å². The number of ether oxygens (including phenoxy) is 1. The lowest BCUT2D eigenvalue weighted by atomic mass is 9.56. The maximum absolute atomic E-state index is 6.05. The molecule has 0 saturated heterocycles. The molecule has 1 aromatic rings. The lowest BCUT2D eigenvalue weighted by Gasteiger charge is -2.59. The van der Waals surface area contributed by atoms with Crippen molar-refractivity contribution in [3.05, 3.63) is 11.5 Å². The number of aromatic nitrogens is 2. The van der Waals surface area contributed by atoms with E-state index in [1.54, 1.807) is 14.2 Å². The predicted octanol–water partition coefficient (Wildman–Crippen LogP) is 2.79. The highest BCUT2D eigenvalue weighted by Gasteiger charge is 2.57. The summed E-state index contributed by atoms with van der Waals surface area (Å²) >= 11 is 6.05. The van der Waals surface area contributed by atoms with Crippen molar-refractivity contribution in [3.63, 3.8) is 0 Å². The molecule has 5 nitrogen and oxygen atoms in total. The Bertz CT molecular complexity index is 480. The third-order valence-corrected chi connectivity index (χ3v) is 4.93. The molecule has 19 heavy (non-hydrogen) atoms. The molecule has 2 rings (SSSR count). The second-order valence-electron chi connectivity index (χ2n) is 5.70. The lowest BCUT2D eigenvalue weighted by molar-refractivity contribution is -0.166. The summed E-state index contributed by atoms with van der Waals surface area (Å²) in [5, 5.41) is 6.89. The van der Waals surface area contributed by atoms with Crippen LogP contribution >= 0.6 is 11.6 Å². The van der Waals surface area contributed by atoms with Gasteiger partial charge in [0.05, 0.1) is 5.60 Å². The molecule has 106 valence electrons. The number of nitrogens with one attached hydrogen (secondary N) is 2. The Morgan fingerprint density at radius 3 is 2.58 bits per heavy atom. The van der Waals surface area contributed by atoms with Gasteiger partial charge in [-0.1, -0.05) is 25.4 Å². The van der Waals surface area contributed by atoms with Crippen LogP contribution in [0.4, 0.5) is 11.5 Å². The molecule has 1 aromatic heterocycles. The van der Waals surface area contributed by atoms with Crippen LogP contribution in [0, 0.1) is 5.41 Å². The van der Waals surface area contributed by atoms with Gasteiger partial charge >= 0.3 is 0 Å². The second kappa shape index (κ2) is 4.80. The number of hydrogen-bond donors (Lipinski definition) is 2. The van der Waals surface area contributed by atoms with Crippen LogP contribution in [0.3, 0.4) is 0 Å². The van der Waals surface area contributed by atoms with E-state index in [-0.39, 0.29) is 17.1 Å². The molecule has 2 N–H and O–H groups in total. The fraction of sp³-hybridized carbons (Fsp3) is 0.692. The highest BCUT2D eigenvalue weighted by molar-refractivity contribution is 6.32. The number of anilines is 2. The number of methoxy groups -OCH3 is 1. The first kappa shape index (κ1) is 14.3. The quantitative estimate of drug-likeness (QED) is 0.833. The Morgan fingerprint density at radius 2 is 2.05 bits per heavy atom. The van der Waals surface area contributed by atoms with Gasteiger partial charge in [-0.3, -0.25) is 0 Å². The summed E-state index contributed by atoms with van der Waals surface area (Å²) in [5.74, 6) is 0.735. The summed E-state index contributed by atoms with van der Waals surface area (Å²) in [7, 11) is 3.57. The standard InChI is InChI=1S/C13H21ClN4O/c1-12(2)8(6-13(12,3)19-5)18-11-9(15-4)10(14)16-7-17-11/h7-8,15H,6H2,1-5H3,(H,16,17,18). The molecule has 0 aromatic carbocycles. The molecule has 1 fully saturated rings. The minimum atomic E-state index is -0.110. The van der Waals surface area contributed by atoms with Crippen molar-refractivity contribution in [2.45, 2.75) is 38.8 Å². The lowest BCUT2D eigenvalue weighted by Crippen LogP contribution is -2.65. The van der Waals surface area contributed by atoms with Crippen LogP contribution in [0.15, 0.2) is 6.33 Å². The number of halogens is 1. The first-order valence-corrected chi connectivity index (χ1v) is 6.73. The molecule has 0 amide bonds. The Hall–Kier alpha value is -1.07. The topological polar surface area (TPSA) is 59.1 Å². The van der Waals surface area contributed by atoms with E-state index >= 15 is 0 Å². The van der Waals surface area contributed by atoms with E-state index in [0.29, 0.717) is 5.15 Å². The van der Waals surface area contributed by atoms with Crippen LogP contribution < -0.4 is 10.6 Å². The van der Waals surface area contributed by atoms with Gasteiger partial charge in [-0.05, 0) is 13.3 Å². The summed E-state index contributed by atoms with van der Waals surface area (Å²) in [4.78, 5) is 8.23. The summed E-state index contributed by atoms with van der Waals surface area (Å²) in [5.41, 5.74) is 0.636. The summed E-state index contributed by atoms with van der Waals surface area (Å²) in [6, 6.07) is 0.288. The molecule has 1 aliphatic rings. The summed E-state index contributed by atoms with van der Waals surface area (Å²) in [6.45, 7) is 6.52. The Morgan fingerprint density at radius 1 is 1.37 bits per heavy atom. The molecule has 0 bridgehead atoms. The number of rotatable bonds is 4. The van der Waals surface area contributed by atoms with Crippen LogP contribution in [-0.4, -0.2) is 35.8 Å². The smallest absolute Gasteiger partial charge is 0.157 e. The van der Waals surface area contributed by atoms with E-state index in [4.69, 9.17) is 16.3 Å². The third kappa shape index (κ3) is 2.15. The van der Waals surface area contributed by atoms with Crippen LogP contribution in [-0.2, 0) is 4.74 Å². The van der Waals surface area contributed by atoms with Gasteiger partial charge in [-0.2, -0.15) is 0 Å². The minimum absolute atomic E-state index is 0.0180. The van der Waals surface area contributed by atoms with Crippen molar-refractivity contribution in [1.82, 2.24) is 9.97 Å². The first-order valence-electron chi connectivity index (χ1n) is 6.35. The van der Waals surface area contributed by atoms with Gasteiger partial charge in [0.2, 0.25) is 0 Å². The predicted molar refractivity (Wildman–Crippen MR) is 77.8 cm³/mol. The highest BCUT2D eigenvalue weighted by Crippen LogP contribution is 2.52. The van der Waals surface area contributed by atoms with E-state index in [1.165, 1.54) is 6.33 Å². The molecule has 0 aliphatic heterocycles. The van der Waals surface area contributed by atoms with Crippen LogP contribution in [0.1, 0.15) is 27.2 Å². The molecule has 6 heteroatoms. The fourth-order valence-electron chi connectivity index (χ4n) is 2.58. The van der Waals surface area contributed by atoms with Crippen molar-refractivity contribution in [1.29, 1.82) is 0 Å². The van der Waals surface area contributed by atoms with E-state index in [2.05, 4.69) is 41.4 Å². The van der Waals surface area contributed by atoms with Gasteiger partial charge in [0, 0.05) is 25.6 Å². The summed E-state index contributed by atoms with van der Waals surface area (Å²) < 4.78 is 5.62. The Labute approximate surface area is 119 Å². The van der Waals surface area contributed by atoms with E-state index in [9.17, 15) is 0 Å². The zero-order chi connectivity index (χ0) is 14.3. The summed E-state index contributed by atoms with van der Waals surface area (Å²) in [6.07, 6.45) is 2.40. The largest absolute Gasteiger partial charge is 0.383 e. The van der Waals surface area contributed by atoms with Crippen molar-refractivity contribution in [2.24, 2.45) is 5.41 Å². The molecule has 2 unspecified atom stereocenters. The normalized spacial score (nSPS) is 28.6. The number of nitrogens with zero attached hydrogens (tertiary/aromatic N) is 2. The van der Waals surface area contributed by atoms with Gasteiger partial charge in [-0.25, -0.2) is 9.97 Å². The second-order valence-corrected chi connectivity index (χ2v) is 6.05.